The molecule has 1 aliphatic carbocycles. The molecule has 0 radical (unpaired) electrons. The molecule has 0 aromatic carbocycles. The Morgan fingerprint density at radius 2 is 2.22 bits per heavy atom. The number of hydrogen-bond donors (Lipinski definition) is 2. The third-order valence-corrected chi connectivity index (χ3v) is 4.36. The van der Waals surface area contributed by atoms with Crippen LogP contribution in [0.3, 0.4) is 0 Å². The first-order valence-corrected chi connectivity index (χ1v) is 6.97. The maximum atomic E-state index is 12.0. The van der Waals surface area contributed by atoms with Crippen molar-refractivity contribution in [1.82, 2.24) is 5.32 Å². The Balaban J connectivity index is 2.08. The molecular weight excluding hydrogens is 250 g/mol. The molecule has 2 rings (SSSR count). The summed E-state index contributed by atoms with van der Waals surface area (Å²) in [6.45, 7) is 4.02. The van der Waals surface area contributed by atoms with E-state index in [0.717, 1.165) is 29.7 Å². The first kappa shape index (κ1) is 13.1. The Bertz CT molecular complexity index is 477. The fraction of sp³-hybridized carbons (Fsp3) is 0.538. The average Bonchev–Trinajstić information content (AvgIpc) is 3.08. The van der Waals surface area contributed by atoms with Crippen molar-refractivity contribution >= 4 is 23.2 Å². The molecule has 1 saturated carbocycles. The third-order valence-electron chi connectivity index (χ3n) is 3.27. The van der Waals surface area contributed by atoms with Gasteiger partial charge in [-0.05, 0) is 43.7 Å². The highest BCUT2D eigenvalue weighted by Gasteiger charge is 2.37. The van der Waals surface area contributed by atoms with Gasteiger partial charge in [-0.25, -0.2) is 4.79 Å². The third kappa shape index (κ3) is 2.72. The Morgan fingerprint density at radius 3 is 2.67 bits per heavy atom. The van der Waals surface area contributed by atoms with Crippen molar-refractivity contribution in [2.45, 2.75) is 39.2 Å². The minimum atomic E-state index is -0.935. The first-order chi connectivity index (χ1) is 8.52. The van der Waals surface area contributed by atoms with Crippen LogP contribution in [0.5, 0.6) is 0 Å². The molecule has 0 bridgehead atoms. The number of amides is 1. The molecular formula is C13H17NO3S. The van der Waals surface area contributed by atoms with Crippen LogP contribution in [0.4, 0.5) is 0 Å². The zero-order valence-electron chi connectivity index (χ0n) is 10.5. The van der Waals surface area contributed by atoms with Gasteiger partial charge in [0.15, 0.2) is 0 Å². The Morgan fingerprint density at radius 1 is 1.56 bits per heavy atom. The Labute approximate surface area is 110 Å². The predicted octanol–water partition coefficient (Wildman–Crippen LogP) is 2.21. The summed E-state index contributed by atoms with van der Waals surface area (Å²) in [5.74, 6) is -1.09. The summed E-state index contributed by atoms with van der Waals surface area (Å²) in [5, 5.41) is 11.7. The number of aliphatic carboxylic acids is 1. The van der Waals surface area contributed by atoms with Crippen LogP contribution >= 0.6 is 11.3 Å². The summed E-state index contributed by atoms with van der Waals surface area (Å²) < 4.78 is 0. The van der Waals surface area contributed by atoms with Crippen LogP contribution in [0.1, 0.15) is 39.9 Å². The summed E-state index contributed by atoms with van der Waals surface area (Å²) in [6.07, 6.45) is 2.67. The summed E-state index contributed by atoms with van der Waals surface area (Å²) in [5.41, 5.74) is 1.16. The van der Waals surface area contributed by atoms with Crippen LogP contribution in [0.25, 0.3) is 0 Å². The summed E-state index contributed by atoms with van der Waals surface area (Å²) in [6, 6.07) is 1.13. The number of carbonyl (C=O) groups excluding carboxylic acids is 1. The molecule has 98 valence electrons. The van der Waals surface area contributed by atoms with Gasteiger partial charge in [-0.15, -0.1) is 11.3 Å². The van der Waals surface area contributed by atoms with E-state index in [9.17, 15) is 9.59 Å². The summed E-state index contributed by atoms with van der Waals surface area (Å²) in [4.78, 5) is 24.8. The molecule has 2 N–H and O–H groups in total. The quantitative estimate of drug-likeness (QED) is 0.859. The van der Waals surface area contributed by atoms with E-state index in [-0.39, 0.29) is 11.8 Å². The normalized spacial score (nSPS) is 16.3. The van der Waals surface area contributed by atoms with E-state index in [1.54, 1.807) is 0 Å². The van der Waals surface area contributed by atoms with Gasteiger partial charge in [0.05, 0.1) is 4.88 Å². The van der Waals surface area contributed by atoms with Gasteiger partial charge in [-0.2, -0.15) is 0 Å². The molecule has 1 amide bonds. The number of rotatable bonds is 5. The molecule has 4 nitrogen and oxygen atoms in total. The van der Waals surface area contributed by atoms with Gasteiger partial charge < -0.3 is 10.4 Å². The monoisotopic (exact) mass is 267 g/mol. The molecule has 1 aromatic rings. The van der Waals surface area contributed by atoms with E-state index < -0.39 is 12.0 Å². The lowest BCUT2D eigenvalue weighted by Crippen LogP contribution is -2.42. The minimum absolute atomic E-state index is 0.109. The van der Waals surface area contributed by atoms with Crippen molar-refractivity contribution in [1.29, 1.82) is 0 Å². The van der Waals surface area contributed by atoms with Gasteiger partial charge in [0.2, 0.25) is 0 Å². The number of aryl methyl sites for hydroxylation is 2. The molecule has 1 aliphatic rings. The molecule has 0 saturated heterocycles. The van der Waals surface area contributed by atoms with Crippen molar-refractivity contribution in [2.75, 3.05) is 0 Å². The average molecular weight is 267 g/mol. The second kappa shape index (κ2) is 5.10. The topological polar surface area (TPSA) is 66.4 Å². The van der Waals surface area contributed by atoms with Crippen molar-refractivity contribution in [3.63, 3.8) is 0 Å². The molecule has 1 atom stereocenters. The Hall–Kier alpha value is -1.36. The fourth-order valence-electron chi connectivity index (χ4n) is 2.01. The Kier molecular flexibility index (Phi) is 3.71. The molecule has 1 fully saturated rings. The van der Waals surface area contributed by atoms with Gasteiger partial charge in [-0.1, -0.05) is 6.92 Å². The van der Waals surface area contributed by atoms with E-state index in [0.29, 0.717) is 4.88 Å². The number of carbonyl (C=O) groups is 2. The highest BCUT2D eigenvalue weighted by atomic mass is 32.1. The number of thiophene rings is 1. The van der Waals surface area contributed by atoms with Crippen LogP contribution in [-0.4, -0.2) is 23.0 Å². The van der Waals surface area contributed by atoms with Gasteiger partial charge in [-0.3, -0.25) is 4.79 Å². The molecule has 5 heteroatoms. The van der Waals surface area contributed by atoms with Crippen molar-refractivity contribution in [3.05, 3.63) is 21.4 Å². The van der Waals surface area contributed by atoms with Crippen molar-refractivity contribution in [2.24, 2.45) is 5.92 Å². The summed E-state index contributed by atoms with van der Waals surface area (Å²) in [7, 11) is 0. The van der Waals surface area contributed by atoms with Crippen LogP contribution < -0.4 is 5.32 Å². The lowest BCUT2D eigenvalue weighted by Gasteiger charge is -2.12. The predicted molar refractivity (Wildman–Crippen MR) is 70.0 cm³/mol. The van der Waals surface area contributed by atoms with Crippen molar-refractivity contribution in [3.8, 4) is 0 Å². The van der Waals surface area contributed by atoms with E-state index in [1.807, 2.05) is 19.9 Å². The van der Waals surface area contributed by atoms with Crippen LogP contribution in [0, 0.1) is 12.8 Å². The number of hydrogen-bond acceptors (Lipinski definition) is 3. The van der Waals surface area contributed by atoms with Crippen LogP contribution in [-0.2, 0) is 11.2 Å². The molecule has 1 aromatic heterocycles. The number of nitrogens with one attached hydrogen (secondary N) is 1. The molecule has 0 aliphatic heterocycles. The SMILES string of the molecule is CCc1cc(C(=O)NC(C(=O)O)C2CC2)sc1C. The summed E-state index contributed by atoms with van der Waals surface area (Å²) >= 11 is 1.43. The van der Waals surface area contributed by atoms with Gasteiger partial charge in [0.25, 0.3) is 5.91 Å². The number of carboxylic acids is 1. The lowest BCUT2D eigenvalue weighted by molar-refractivity contribution is -0.139. The number of carboxylic acid groups (broad SMARTS) is 1. The minimum Gasteiger partial charge on any atom is -0.480 e. The maximum Gasteiger partial charge on any atom is 0.326 e. The zero-order chi connectivity index (χ0) is 13.3. The van der Waals surface area contributed by atoms with Gasteiger partial charge in [0, 0.05) is 4.88 Å². The largest absolute Gasteiger partial charge is 0.480 e. The molecule has 0 spiro atoms. The van der Waals surface area contributed by atoms with E-state index in [4.69, 9.17) is 5.11 Å². The lowest BCUT2D eigenvalue weighted by atomic mass is 10.1. The molecule has 18 heavy (non-hydrogen) atoms. The first-order valence-electron chi connectivity index (χ1n) is 6.16. The van der Waals surface area contributed by atoms with Crippen LogP contribution in [0.15, 0.2) is 6.07 Å². The van der Waals surface area contributed by atoms with Gasteiger partial charge >= 0.3 is 5.97 Å². The molecule has 1 unspecified atom stereocenters. The van der Waals surface area contributed by atoms with E-state index in [2.05, 4.69) is 5.32 Å². The van der Waals surface area contributed by atoms with Gasteiger partial charge in [0.1, 0.15) is 6.04 Å². The fourth-order valence-corrected chi connectivity index (χ4v) is 3.02. The molecule has 1 heterocycles. The second-order valence-corrected chi connectivity index (χ2v) is 5.93. The zero-order valence-corrected chi connectivity index (χ0v) is 11.3. The van der Waals surface area contributed by atoms with Crippen LogP contribution in [0.2, 0.25) is 0 Å². The highest BCUT2D eigenvalue weighted by Crippen LogP contribution is 2.33. The smallest absolute Gasteiger partial charge is 0.326 e. The maximum absolute atomic E-state index is 12.0. The van der Waals surface area contributed by atoms with E-state index >= 15 is 0 Å². The highest BCUT2D eigenvalue weighted by molar-refractivity contribution is 7.14. The van der Waals surface area contributed by atoms with Crippen molar-refractivity contribution < 1.29 is 14.7 Å². The second-order valence-electron chi connectivity index (χ2n) is 4.67. The van der Waals surface area contributed by atoms with E-state index in [1.165, 1.54) is 11.3 Å². The standard InChI is InChI=1S/C13H17NO3S/c1-3-8-6-10(18-7(8)2)12(15)14-11(13(16)17)9-4-5-9/h6,9,11H,3-5H2,1-2H3,(H,14,15)(H,16,17).